The van der Waals surface area contributed by atoms with E-state index in [9.17, 15) is 0 Å². The third-order valence-electron chi connectivity index (χ3n) is 2.41. The van der Waals surface area contributed by atoms with Gasteiger partial charge in [0, 0.05) is 15.4 Å². The predicted molar refractivity (Wildman–Crippen MR) is 63.2 cm³/mol. The second kappa shape index (κ2) is 5.13. The molecule has 0 aliphatic carbocycles. The zero-order valence-corrected chi connectivity index (χ0v) is 10.5. The first-order valence-corrected chi connectivity index (χ1v) is 6.29. The summed E-state index contributed by atoms with van der Waals surface area (Å²) in [6.07, 6.45) is 2.26. The fraction of sp³-hybridized carbons (Fsp3) is 0.600. The van der Waals surface area contributed by atoms with Crippen LogP contribution in [0.4, 0.5) is 0 Å². The molecule has 74 valence electrons. The Hall–Kier alpha value is 0.140. The minimum absolute atomic E-state index is 0.291. The molecule has 0 radical (unpaired) electrons. The van der Waals surface area contributed by atoms with Gasteiger partial charge in [0.2, 0.25) is 0 Å². The summed E-state index contributed by atoms with van der Waals surface area (Å²) in [5, 5.41) is 2.12. The highest BCUT2D eigenvalue weighted by atomic mass is 79.9. The molecule has 0 saturated heterocycles. The molecule has 13 heavy (non-hydrogen) atoms. The molecule has 2 unspecified atom stereocenters. The molecule has 1 nitrogen and oxygen atoms in total. The van der Waals surface area contributed by atoms with E-state index in [2.05, 4.69) is 41.2 Å². The van der Waals surface area contributed by atoms with Crippen molar-refractivity contribution in [1.29, 1.82) is 0 Å². The molecule has 0 aliphatic rings. The van der Waals surface area contributed by atoms with Crippen LogP contribution in [-0.2, 0) is 6.42 Å². The van der Waals surface area contributed by atoms with Crippen molar-refractivity contribution in [1.82, 2.24) is 0 Å². The third kappa shape index (κ3) is 3.08. The molecular formula is C10H16BrNS. The predicted octanol–water partition coefficient (Wildman–Crippen LogP) is 3.43. The summed E-state index contributed by atoms with van der Waals surface area (Å²) in [6.45, 7) is 4.30. The van der Waals surface area contributed by atoms with Gasteiger partial charge < -0.3 is 5.73 Å². The lowest BCUT2D eigenvalue weighted by molar-refractivity contribution is 0.430. The van der Waals surface area contributed by atoms with Crippen LogP contribution in [0.5, 0.6) is 0 Å². The number of thiophene rings is 1. The summed E-state index contributed by atoms with van der Waals surface area (Å²) in [4.78, 5) is 1.42. The second-order valence-electron chi connectivity index (χ2n) is 3.42. The third-order valence-corrected chi connectivity index (χ3v) is 4.36. The van der Waals surface area contributed by atoms with Crippen LogP contribution in [0.1, 0.15) is 25.1 Å². The highest BCUT2D eigenvalue weighted by Crippen LogP contribution is 2.27. The van der Waals surface area contributed by atoms with Crippen molar-refractivity contribution < 1.29 is 0 Å². The van der Waals surface area contributed by atoms with Crippen LogP contribution in [-0.4, -0.2) is 6.04 Å². The van der Waals surface area contributed by atoms with Crippen LogP contribution in [0, 0.1) is 5.92 Å². The molecule has 0 aliphatic heterocycles. The van der Waals surface area contributed by atoms with Crippen LogP contribution in [0.25, 0.3) is 0 Å². The lowest BCUT2D eigenvalue weighted by Gasteiger charge is -2.18. The normalized spacial score (nSPS) is 15.7. The van der Waals surface area contributed by atoms with E-state index in [1.807, 2.05) is 11.3 Å². The van der Waals surface area contributed by atoms with E-state index in [1.165, 1.54) is 9.35 Å². The quantitative estimate of drug-likeness (QED) is 0.883. The van der Waals surface area contributed by atoms with E-state index in [4.69, 9.17) is 5.73 Å². The van der Waals surface area contributed by atoms with E-state index in [0.717, 1.165) is 12.8 Å². The largest absolute Gasteiger partial charge is 0.328 e. The molecule has 0 amide bonds. The van der Waals surface area contributed by atoms with Crippen molar-refractivity contribution in [3.63, 3.8) is 0 Å². The lowest BCUT2D eigenvalue weighted by Crippen LogP contribution is -2.27. The second-order valence-corrected chi connectivity index (χ2v) is 5.28. The minimum atomic E-state index is 0.291. The summed E-state index contributed by atoms with van der Waals surface area (Å²) >= 11 is 5.35. The Labute approximate surface area is 92.5 Å². The van der Waals surface area contributed by atoms with Gasteiger partial charge in [-0.05, 0) is 46.6 Å². The maximum Gasteiger partial charge on any atom is 0.0314 e. The standard InChI is InChI=1S/C10H16BrNS/c1-3-8(7(2)12)6-10-9(11)4-5-13-10/h4-5,7-8H,3,6,12H2,1-2H3. The molecule has 0 bridgehead atoms. The van der Waals surface area contributed by atoms with Crippen molar-refractivity contribution in [2.45, 2.75) is 32.7 Å². The van der Waals surface area contributed by atoms with E-state index in [1.54, 1.807) is 0 Å². The maximum atomic E-state index is 5.90. The van der Waals surface area contributed by atoms with Gasteiger partial charge in [0.25, 0.3) is 0 Å². The maximum absolute atomic E-state index is 5.90. The first kappa shape index (κ1) is 11.2. The Kier molecular flexibility index (Phi) is 4.42. The molecule has 2 atom stereocenters. The molecule has 0 spiro atoms. The number of nitrogens with two attached hydrogens (primary N) is 1. The van der Waals surface area contributed by atoms with Gasteiger partial charge in [-0.15, -0.1) is 11.3 Å². The van der Waals surface area contributed by atoms with Gasteiger partial charge in [0.15, 0.2) is 0 Å². The van der Waals surface area contributed by atoms with E-state index in [0.29, 0.717) is 12.0 Å². The number of hydrogen-bond donors (Lipinski definition) is 1. The molecule has 0 saturated carbocycles. The Balaban J connectivity index is 2.62. The van der Waals surface area contributed by atoms with Gasteiger partial charge in [0.05, 0.1) is 0 Å². The summed E-state index contributed by atoms with van der Waals surface area (Å²) in [5.74, 6) is 0.606. The van der Waals surface area contributed by atoms with Gasteiger partial charge >= 0.3 is 0 Å². The Morgan fingerprint density at radius 2 is 2.31 bits per heavy atom. The molecular weight excluding hydrogens is 246 g/mol. The fourth-order valence-electron chi connectivity index (χ4n) is 1.41. The summed E-state index contributed by atoms with van der Waals surface area (Å²) in [7, 11) is 0. The molecule has 2 N–H and O–H groups in total. The van der Waals surface area contributed by atoms with Gasteiger partial charge in [0.1, 0.15) is 0 Å². The van der Waals surface area contributed by atoms with Crippen LogP contribution >= 0.6 is 27.3 Å². The lowest BCUT2D eigenvalue weighted by atomic mass is 9.95. The van der Waals surface area contributed by atoms with Crippen LogP contribution in [0.15, 0.2) is 15.9 Å². The van der Waals surface area contributed by atoms with Crippen molar-refractivity contribution in [2.75, 3.05) is 0 Å². The molecule has 1 aromatic heterocycles. The van der Waals surface area contributed by atoms with E-state index in [-0.39, 0.29) is 0 Å². The fourth-order valence-corrected chi connectivity index (χ4v) is 3.02. The Morgan fingerprint density at radius 3 is 2.69 bits per heavy atom. The van der Waals surface area contributed by atoms with Crippen LogP contribution < -0.4 is 5.73 Å². The highest BCUT2D eigenvalue weighted by Gasteiger charge is 2.14. The molecule has 0 aromatic carbocycles. The van der Waals surface area contributed by atoms with Gasteiger partial charge in [-0.2, -0.15) is 0 Å². The van der Waals surface area contributed by atoms with Crippen molar-refractivity contribution in [3.8, 4) is 0 Å². The van der Waals surface area contributed by atoms with Crippen LogP contribution in [0.2, 0.25) is 0 Å². The van der Waals surface area contributed by atoms with E-state index < -0.39 is 0 Å². The smallest absolute Gasteiger partial charge is 0.0314 e. The van der Waals surface area contributed by atoms with Crippen molar-refractivity contribution >= 4 is 27.3 Å². The zero-order valence-electron chi connectivity index (χ0n) is 8.09. The minimum Gasteiger partial charge on any atom is -0.328 e. The summed E-state index contributed by atoms with van der Waals surface area (Å²) in [6, 6.07) is 2.40. The number of halogens is 1. The molecule has 1 rings (SSSR count). The van der Waals surface area contributed by atoms with E-state index >= 15 is 0 Å². The zero-order chi connectivity index (χ0) is 9.84. The molecule has 0 fully saturated rings. The van der Waals surface area contributed by atoms with Crippen molar-refractivity contribution in [3.05, 3.63) is 20.8 Å². The van der Waals surface area contributed by atoms with Crippen molar-refractivity contribution in [2.24, 2.45) is 11.7 Å². The Bertz CT molecular complexity index is 257. The summed E-state index contributed by atoms with van der Waals surface area (Å²) < 4.78 is 1.23. The first-order valence-electron chi connectivity index (χ1n) is 4.62. The average molecular weight is 262 g/mol. The molecule has 3 heteroatoms. The van der Waals surface area contributed by atoms with Gasteiger partial charge in [-0.1, -0.05) is 13.3 Å². The Morgan fingerprint density at radius 1 is 1.62 bits per heavy atom. The van der Waals surface area contributed by atoms with Gasteiger partial charge in [-0.25, -0.2) is 0 Å². The van der Waals surface area contributed by atoms with Crippen LogP contribution in [0.3, 0.4) is 0 Å². The first-order chi connectivity index (χ1) is 6.15. The highest BCUT2D eigenvalue weighted by molar-refractivity contribution is 9.10. The van der Waals surface area contributed by atoms with Gasteiger partial charge in [-0.3, -0.25) is 0 Å². The SMILES string of the molecule is CCC(Cc1sccc1Br)C(C)N. The number of rotatable bonds is 4. The monoisotopic (exact) mass is 261 g/mol. The molecule has 1 aromatic rings. The topological polar surface area (TPSA) is 26.0 Å². The molecule has 1 heterocycles. The number of hydrogen-bond acceptors (Lipinski definition) is 2. The average Bonchev–Trinajstić information content (AvgIpc) is 2.46. The summed E-state index contributed by atoms with van der Waals surface area (Å²) in [5.41, 5.74) is 5.90.